The van der Waals surface area contributed by atoms with Crippen LogP contribution in [0.4, 0.5) is 5.95 Å². The lowest BCUT2D eigenvalue weighted by molar-refractivity contribution is 0.253. The van der Waals surface area contributed by atoms with Gasteiger partial charge in [0.05, 0.1) is 0 Å². The van der Waals surface area contributed by atoms with Gasteiger partial charge in [-0.2, -0.15) is 11.8 Å². The maximum Gasteiger partial charge on any atom is 0.225 e. The Morgan fingerprint density at radius 1 is 1.21 bits per heavy atom. The smallest absolute Gasteiger partial charge is 0.225 e. The highest BCUT2D eigenvalue weighted by Crippen LogP contribution is 2.24. The van der Waals surface area contributed by atoms with Gasteiger partial charge in [0.2, 0.25) is 5.95 Å². The van der Waals surface area contributed by atoms with Gasteiger partial charge in [0.1, 0.15) is 0 Å². The zero-order chi connectivity index (χ0) is 19.8. The summed E-state index contributed by atoms with van der Waals surface area (Å²) in [6, 6.07) is 1.87. The van der Waals surface area contributed by atoms with Gasteiger partial charge in [-0.1, -0.05) is 13.8 Å². The summed E-state index contributed by atoms with van der Waals surface area (Å²) in [4.78, 5) is 20.5. The van der Waals surface area contributed by atoms with E-state index in [-0.39, 0.29) is 24.0 Å². The summed E-state index contributed by atoms with van der Waals surface area (Å²) < 4.78 is 0. The van der Waals surface area contributed by atoms with E-state index in [0.29, 0.717) is 11.2 Å². The molecule has 0 aliphatic carbocycles. The average Bonchev–Trinajstić information content (AvgIpc) is 2.75. The number of guanidine groups is 1. The molecular formula is C20H36IN7S. The van der Waals surface area contributed by atoms with Crippen LogP contribution in [0, 0.1) is 5.92 Å². The molecule has 0 bridgehead atoms. The van der Waals surface area contributed by atoms with Gasteiger partial charge in [-0.05, 0) is 24.9 Å². The van der Waals surface area contributed by atoms with Crippen molar-refractivity contribution >= 4 is 47.6 Å². The minimum Gasteiger partial charge on any atom is -0.356 e. The van der Waals surface area contributed by atoms with Gasteiger partial charge in [0.15, 0.2) is 5.96 Å². The SMILES string of the molecule is CN=C(NCCCN1CCN(c2ncccn2)CC1)N1CCSC(C(C)C)C1.I. The molecule has 2 saturated heterocycles. The lowest BCUT2D eigenvalue weighted by Gasteiger charge is -2.36. The predicted octanol–water partition coefficient (Wildman–Crippen LogP) is 2.26. The summed E-state index contributed by atoms with van der Waals surface area (Å²) in [5.74, 6) is 3.83. The summed E-state index contributed by atoms with van der Waals surface area (Å²) >= 11 is 2.10. The summed E-state index contributed by atoms with van der Waals surface area (Å²) in [5.41, 5.74) is 0. The van der Waals surface area contributed by atoms with Crippen LogP contribution in [0.5, 0.6) is 0 Å². The van der Waals surface area contributed by atoms with Crippen LogP contribution >= 0.6 is 35.7 Å². The molecule has 2 aliphatic rings. The Labute approximate surface area is 197 Å². The minimum atomic E-state index is 0. The lowest BCUT2D eigenvalue weighted by Crippen LogP contribution is -2.50. The summed E-state index contributed by atoms with van der Waals surface area (Å²) in [7, 11) is 1.90. The third-order valence-electron chi connectivity index (χ3n) is 5.49. The van der Waals surface area contributed by atoms with Gasteiger partial charge in [0.25, 0.3) is 0 Å². The Hall–Kier alpha value is -0.810. The third-order valence-corrected chi connectivity index (χ3v) is 7.03. The molecule has 1 atom stereocenters. The number of nitrogens with one attached hydrogen (secondary N) is 1. The highest BCUT2D eigenvalue weighted by Gasteiger charge is 2.25. The Morgan fingerprint density at radius 2 is 1.93 bits per heavy atom. The molecule has 164 valence electrons. The van der Waals surface area contributed by atoms with E-state index in [2.05, 4.69) is 60.6 Å². The molecule has 3 rings (SSSR count). The number of aliphatic imine (C=N–C) groups is 1. The van der Waals surface area contributed by atoms with Crippen molar-refractivity contribution in [3.8, 4) is 0 Å². The number of thioether (sulfide) groups is 1. The number of nitrogens with zero attached hydrogens (tertiary/aromatic N) is 6. The molecule has 2 aliphatic heterocycles. The molecule has 0 spiro atoms. The fourth-order valence-corrected chi connectivity index (χ4v) is 5.03. The maximum atomic E-state index is 4.52. The molecule has 0 radical (unpaired) electrons. The number of hydrogen-bond acceptors (Lipinski definition) is 6. The van der Waals surface area contributed by atoms with Crippen molar-refractivity contribution in [2.75, 3.05) is 70.1 Å². The molecule has 0 aromatic carbocycles. The Morgan fingerprint density at radius 3 is 2.59 bits per heavy atom. The fourth-order valence-electron chi connectivity index (χ4n) is 3.73. The molecule has 1 aromatic rings. The van der Waals surface area contributed by atoms with Crippen LogP contribution in [-0.2, 0) is 0 Å². The van der Waals surface area contributed by atoms with Crippen LogP contribution < -0.4 is 10.2 Å². The average molecular weight is 534 g/mol. The van der Waals surface area contributed by atoms with E-state index in [1.165, 1.54) is 5.75 Å². The van der Waals surface area contributed by atoms with Gasteiger partial charge in [-0.25, -0.2) is 9.97 Å². The molecule has 3 heterocycles. The summed E-state index contributed by atoms with van der Waals surface area (Å²) in [6.07, 6.45) is 4.77. The molecule has 0 amide bonds. The van der Waals surface area contributed by atoms with Crippen molar-refractivity contribution in [2.24, 2.45) is 10.9 Å². The first-order valence-electron chi connectivity index (χ1n) is 10.5. The number of piperazine rings is 1. The standard InChI is InChI=1S/C20H35N7S.HI/c1-17(2)18-16-27(14-15-28-18)19(21-3)22-8-5-9-25-10-12-26(13-11-25)20-23-6-4-7-24-20;/h4,6-7,17-18H,5,8-16H2,1-3H3,(H,21,22);1H. The van der Waals surface area contributed by atoms with Crippen LogP contribution in [0.3, 0.4) is 0 Å². The fraction of sp³-hybridized carbons (Fsp3) is 0.750. The number of halogens is 1. The van der Waals surface area contributed by atoms with Crippen molar-refractivity contribution in [1.82, 2.24) is 25.1 Å². The molecule has 1 N–H and O–H groups in total. The second kappa shape index (κ2) is 12.8. The molecule has 1 aromatic heterocycles. The van der Waals surface area contributed by atoms with Gasteiger partial charge in [0, 0.05) is 76.3 Å². The molecule has 7 nitrogen and oxygen atoms in total. The quantitative estimate of drug-likeness (QED) is 0.261. The monoisotopic (exact) mass is 533 g/mol. The molecule has 9 heteroatoms. The van der Waals surface area contributed by atoms with Crippen molar-refractivity contribution < 1.29 is 0 Å². The largest absolute Gasteiger partial charge is 0.356 e. The van der Waals surface area contributed by atoms with Crippen molar-refractivity contribution in [3.63, 3.8) is 0 Å². The van der Waals surface area contributed by atoms with Crippen molar-refractivity contribution in [2.45, 2.75) is 25.5 Å². The van der Waals surface area contributed by atoms with Gasteiger partial charge >= 0.3 is 0 Å². The van der Waals surface area contributed by atoms with E-state index >= 15 is 0 Å². The number of aromatic nitrogens is 2. The first-order chi connectivity index (χ1) is 13.7. The predicted molar refractivity (Wildman–Crippen MR) is 135 cm³/mol. The van der Waals surface area contributed by atoms with Crippen LogP contribution in [0.1, 0.15) is 20.3 Å². The lowest BCUT2D eigenvalue weighted by atomic mass is 10.1. The van der Waals surface area contributed by atoms with E-state index in [1.54, 1.807) is 0 Å². The van der Waals surface area contributed by atoms with E-state index < -0.39 is 0 Å². The van der Waals surface area contributed by atoms with E-state index in [9.17, 15) is 0 Å². The Balaban J connectivity index is 0.00000300. The molecular weight excluding hydrogens is 497 g/mol. The molecule has 2 fully saturated rings. The van der Waals surface area contributed by atoms with Crippen LogP contribution in [0.2, 0.25) is 0 Å². The minimum absolute atomic E-state index is 0. The second-order valence-electron chi connectivity index (χ2n) is 7.80. The first-order valence-corrected chi connectivity index (χ1v) is 11.5. The topological polar surface area (TPSA) is 59.9 Å². The van der Waals surface area contributed by atoms with Gasteiger partial charge in [-0.15, -0.1) is 24.0 Å². The molecule has 0 saturated carbocycles. The Kier molecular flexibility index (Phi) is 10.8. The summed E-state index contributed by atoms with van der Waals surface area (Å²) in [5, 5.41) is 4.29. The highest BCUT2D eigenvalue weighted by molar-refractivity contribution is 14.0. The zero-order valence-corrected chi connectivity index (χ0v) is 21.1. The number of rotatable bonds is 6. The van der Waals surface area contributed by atoms with E-state index in [0.717, 1.165) is 70.7 Å². The number of anilines is 1. The third kappa shape index (κ3) is 7.43. The van der Waals surface area contributed by atoms with Gasteiger partial charge in [-0.3, -0.25) is 9.89 Å². The van der Waals surface area contributed by atoms with Crippen LogP contribution in [0.15, 0.2) is 23.5 Å². The second-order valence-corrected chi connectivity index (χ2v) is 9.15. The van der Waals surface area contributed by atoms with Gasteiger partial charge < -0.3 is 15.1 Å². The maximum absolute atomic E-state index is 4.52. The van der Waals surface area contributed by atoms with Crippen LogP contribution in [-0.4, -0.2) is 96.1 Å². The highest BCUT2D eigenvalue weighted by atomic mass is 127. The zero-order valence-electron chi connectivity index (χ0n) is 18.0. The van der Waals surface area contributed by atoms with Crippen molar-refractivity contribution in [3.05, 3.63) is 18.5 Å². The first kappa shape index (κ1) is 24.5. The van der Waals surface area contributed by atoms with Crippen molar-refractivity contribution in [1.29, 1.82) is 0 Å². The van der Waals surface area contributed by atoms with E-state index in [4.69, 9.17) is 0 Å². The molecule has 1 unspecified atom stereocenters. The van der Waals surface area contributed by atoms with E-state index in [1.807, 2.05) is 25.5 Å². The number of hydrogen-bond donors (Lipinski definition) is 1. The van der Waals surface area contributed by atoms with Crippen LogP contribution in [0.25, 0.3) is 0 Å². The normalized spacial score (nSPS) is 21.2. The summed E-state index contributed by atoms with van der Waals surface area (Å²) in [6.45, 7) is 13.1. The molecule has 29 heavy (non-hydrogen) atoms. The Bertz CT molecular complexity index is 608.